The van der Waals surface area contributed by atoms with Crippen LogP contribution in [0.15, 0.2) is 18.2 Å². The molecular formula is C14H15F3N2S. The first-order valence-corrected chi connectivity index (χ1v) is 7.27. The number of nitrogens with zero attached hydrogens (tertiary/aromatic N) is 2. The Morgan fingerprint density at radius 2 is 1.85 bits per heavy atom. The molecule has 1 aromatic rings. The third-order valence-electron chi connectivity index (χ3n) is 3.21. The molecule has 2 rings (SSSR count). The van der Waals surface area contributed by atoms with Crippen LogP contribution in [0.5, 0.6) is 0 Å². The fraction of sp³-hybridized carbons (Fsp3) is 0.500. The van der Waals surface area contributed by atoms with Crippen molar-refractivity contribution in [2.75, 3.05) is 18.0 Å². The molecule has 1 aliphatic heterocycles. The minimum absolute atomic E-state index is 0.325. The molecule has 1 heterocycles. The molecule has 0 spiro atoms. The molecule has 2 atom stereocenters. The first-order chi connectivity index (χ1) is 9.31. The van der Waals surface area contributed by atoms with Gasteiger partial charge in [0, 0.05) is 29.3 Å². The summed E-state index contributed by atoms with van der Waals surface area (Å²) in [6, 6.07) is 5.56. The minimum Gasteiger partial charge on any atom is -0.369 e. The maximum atomic E-state index is 13.0. The number of hydrogen-bond acceptors (Lipinski definition) is 3. The molecular weight excluding hydrogens is 285 g/mol. The van der Waals surface area contributed by atoms with Crippen molar-refractivity contribution in [1.29, 1.82) is 5.26 Å². The van der Waals surface area contributed by atoms with Crippen LogP contribution in [0.3, 0.4) is 0 Å². The van der Waals surface area contributed by atoms with Crippen molar-refractivity contribution < 1.29 is 13.2 Å². The van der Waals surface area contributed by atoms with Gasteiger partial charge in [-0.1, -0.05) is 13.8 Å². The lowest BCUT2D eigenvalue weighted by Gasteiger charge is -2.36. The second-order valence-corrected chi connectivity index (χ2v) is 6.88. The molecule has 0 bridgehead atoms. The molecule has 6 heteroatoms. The molecule has 1 fully saturated rings. The summed E-state index contributed by atoms with van der Waals surface area (Å²) in [6.07, 6.45) is -4.50. The molecule has 0 radical (unpaired) electrons. The van der Waals surface area contributed by atoms with Gasteiger partial charge in [-0.05, 0) is 18.2 Å². The Bertz CT molecular complexity index is 526. The number of alkyl halides is 3. The van der Waals surface area contributed by atoms with Gasteiger partial charge in [0.05, 0.1) is 17.2 Å². The van der Waals surface area contributed by atoms with Gasteiger partial charge in [-0.15, -0.1) is 0 Å². The summed E-state index contributed by atoms with van der Waals surface area (Å²) in [7, 11) is 0. The van der Waals surface area contributed by atoms with Crippen LogP contribution in [-0.4, -0.2) is 23.6 Å². The summed E-state index contributed by atoms with van der Waals surface area (Å²) in [6.45, 7) is 5.58. The molecule has 1 aromatic carbocycles. The van der Waals surface area contributed by atoms with Crippen LogP contribution in [0.2, 0.25) is 0 Å². The van der Waals surface area contributed by atoms with Gasteiger partial charge in [0.15, 0.2) is 0 Å². The topological polar surface area (TPSA) is 27.0 Å². The number of thioether (sulfide) groups is 1. The van der Waals surface area contributed by atoms with Crippen LogP contribution in [0.4, 0.5) is 18.9 Å². The van der Waals surface area contributed by atoms with E-state index < -0.39 is 11.7 Å². The van der Waals surface area contributed by atoms with Crippen molar-refractivity contribution in [3.05, 3.63) is 29.3 Å². The Kier molecular flexibility index (Phi) is 4.19. The third-order valence-corrected chi connectivity index (χ3v) is 4.44. The maximum Gasteiger partial charge on any atom is 0.417 e. The summed E-state index contributed by atoms with van der Waals surface area (Å²) in [5.74, 6) is 0. The lowest BCUT2D eigenvalue weighted by atomic mass is 10.1. The zero-order valence-electron chi connectivity index (χ0n) is 11.2. The van der Waals surface area contributed by atoms with E-state index in [1.54, 1.807) is 12.1 Å². The molecule has 1 aliphatic rings. The van der Waals surface area contributed by atoms with E-state index in [0.717, 1.165) is 19.2 Å². The normalized spacial score (nSPS) is 23.5. The number of rotatable bonds is 1. The highest BCUT2D eigenvalue weighted by atomic mass is 32.2. The van der Waals surface area contributed by atoms with Gasteiger partial charge < -0.3 is 4.90 Å². The Morgan fingerprint density at radius 3 is 2.35 bits per heavy atom. The Morgan fingerprint density at radius 1 is 1.25 bits per heavy atom. The Hall–Kier alpha value is -1.35. The Labute approximate surface area is 120 Å². The Balaban J connectivity index is 2.36. The highest BCUT2D eigenvalue weighted by Crippen LogP contribution is 2.36. The predicted molar refractivity (Wildman–Crippen MR) is 74.9 cm³/mol. The quantitative estimate of drug-likeness (QED) is 0.787. The van der Waals surface area contributed by atoms with Crippen LogP contribution < -0.4 is 4.90 Å². The summed E-state index contributed by atoms with van der Waals surface area (Å²) in [4.78, 5) is 1.96. The number of hydrogen-bond donors (Lipinski definition) is 0. The van der Waals surface area contributed by atoms with Gasteiger partial charge in [0.1, 0.15) is 0 Å². The van der Waals surface area contributed by atoms with Crippen LogP contribution in [0, 0.1) is 11.3 Å². The van der Waals surface area contributed by atoms with Gasteiger partial charge in [0.25, 0.3) is 0 Å². The molecule has 2 nitrogen and oxygen atoms in total. The van der Waals surface area contributed by atoms with Gasteiger partial charge in [-0.2, -0.15) is 30.2 Å². The van der Waals surface area contributed by atoms with Crippen LogP contribution >= 0.6 is 11.8 Å². The molecule has 20 heavy (non-hydrogen) atoms. The number of anilines is 1. The van der Waals surface area contributed by atoms with E-state index in [1.165, 1.54) is 6.07 Å². The molecule has 0 aromatic heterocycles. The summed E-state index contributed by atoms with van der Waals surface area (Å²) >= 11 is 1.84. The molecule has 0 saturated carbocycles. The van der Waals surface area contributed by atoms with Crippen molar-refractivity contribution in [3.8, 4) is 6.07 Å². The second-order valence-electron chi connectivity index (χ2n) is 5.00. The SMILES string of the molecule is CC1CN(c2ccc(C#N)c(C(F)(F)F)c2)CC(C)S1. The average Bonchev–Trinajstić information content (AvgIpc) is 2.35. The highest BCUT2D eigenvalue weighted by molar-refractivity contribution is 8.00. The highest BCUT2D eigenvalue weighted by Gasteiger charge is 2.34. The van der Waals surface area contributed by atoms with Crippen LogP contribution in [0.1, 0.15) is 25.0 Å². The number of halogens is 3. The van der Waals surface area contributed by atoms with Crippen LogP contribution in [-0.2, 0) is 6.18 Å². The third kappa shape index (κ3) is 3.21. The summed E-state index contributed by atoms with van der Waals surface area (Å²) in [5, 5.41) is 9.56. The number of nitriles is 1. The van der Waals surface area contributed by atoms with E-state index in [4.69, 9.17) is 5.26 Å². The first-order valence-electron chi connectivity index (χ1n) is 6.33. The maximum absolute atomic E-state index is 13.0. The van der Waals surface area contributed by atoms with E-state index in [0.29, 0.717) is 16.2 Å². The van der Waals surface area contributed by atoms with E-state index in [2.05, 4.69) is 13.8 Å². The zero-order valence-corrected chi connectivity index (χ0v) is 12.1. The number of benzene rings is 1. The van der Waals surface area contributed by atoms with Crippen molar-refractivity contribution in [1.82, 2.24) is 0 Å². The van der Waals surface area contributed by atoms with Crippen molar-refractivity contribution in [2.45, 2.75) is 30.5 Å². The van der Waals surface area contributed by atoms with E-state index in [-0.39, 0.29) is 5.56 Å². The minimum atomic E-state index is -4.50. The van der Waals surface area contributed by atoms with E-state index >= 15 is 0 Å². The van der Waals surface area contributed by atoms with Gasteiger partial charge in [-0.3, -0.25) is 0 Å². The smallest absolute Gasteiger partial charge is 0.369 e. The molecule has 0 amide bonds. The lowest BCUT2D eigenvalue weighted by molar-refractivity contribution is -0.137. The van der Waals surface area contributed by atoms with Crippen LogP contribution in [0.25, 0.3) is 0 Å². The van der Waals surface area contributed by atoms with Crippen molar-refractivity contribution in [3.63, 3.8) is 0 Å². The van der Waals surface area contributed by atoms with Gasteiger partial charge in [0.2, 0.25) is 0 Å². The predicted octanol–water partition coefficient (Wildman–Crippen LogP) is 3.91. The first kappa shape index (κ1) is 15.0. The van der Waals surface area contributed by atoms with Gasteiger partial charge in [-0.25, -0.2) is 0 Å². The average molecular weight is 300 g/mol. The van der Waals surface area contributed by atoms with E-state index in [9.17, 15) is 13.2 Å². The van der Waals surface area contributed by atoms with Gasteiger partial charge >= 0.3 is 6.18 Å². The molecule has 0 aliphatic carbocycles. The fourth-order valence-electron chi connectivity index (χ4n) is 2.45. The zero-order chi connectivity index (χ0) is 14.9. The fourth-order valence-corrected chi connectivity index (χ4v) is 3.77. The molecule has 108 valence electrons. The molecule has 1 saturated heterocycles. The summed E-state index contributed by atoms with van der Waals surface area (Å²) < 4.78 is 38.9. The molecule has 0 N–H and O–H groups in total. The monoisotopic (exact) mass is 300 g/mol. The molecule has 2 unspecified atom stereocenters. The largest absolute Gasteiger partial charge is 0.417 e. The lowest BCUT2D eigenvalue weighted by Crippen LogP contribution is -2.40. The van der Waals surface area contributed by atoms with E-state index in [1.807, 2.05) is 16.7 Å². The second kappa shape index (κ2) is 5.57. The summed E-state index contributed by atoms with van der Waals surface area (Å²) in [5.41, 5.74) is -0.639. The standard InChI is InChI=1S/C14H15F3N2S/c1-9-7-19(8-10(2)20-9)12-4-3-11(6-18)13(5-12)14(15,16)17/h3-5,9-10H,7-8H2,1-2H3. The van der Waals surface area contributed by atoms with Crippen molar-refractivity contribution >= 4 is 17.4 Å². The van der Waals surface area contributed by atoms with Crippen molar-refractivity contribution in [2.24, 2.45) is 0 Å².